The molecule has 7 nitrogen and oxygen atoms in total. The highest BCUT2D eigenvalue weighted by atomic mass is 16.5. The Morgan fingerprint density at radius 2 is 1.85 bits per heavy atom. The van der Waals surface area contributed by atoms with Crippen molar-refractivity contribution in [1.82, 2.24) is 4.90 Å². The molecule has 0 aromatic heterocycles. The van der Waals surface area contributed by atoms with Gasteiger partial charge < -0.3 is 20.3 Å². The number of hydrogen-bond acceptors (Lipinski definition) is 4. The lowest BCUT2D eigenvalue weighted by Gasteiger charge is -2.18. The van der Waals surface area contributed by atoms with Gasteiger partial charge in [-0.3, -0.25) is 4.79 Å². The first kappa shape index (κ1) is 19.5. The maximum Gasteiger partial charge on any atom is 0.339 e. The molecular formula is C20H19N3O4. The molecule has 27 heavy (non-hydrogen) atoms. The molecule has 0 saturated carbocycles. The number of urea groups is 1. The molecule has 0 heterocycles. The summed E-state index contributed by atoms with van der Waals surface area (Å²) >= 11 is 0. The molecule has 2 aromatic rings. The molecule has 0 fully saturated rings. The molecule has 7 heteroatoms. The van der Waals surface area contributed by atoms with Crippen LogP contribution in [-0.4, -0.2) is 43.5 Å². The molecule has 0 atom stereocenters. The molecule has 0 aliphatic heterocycles. The second kappa shape index (κ2) is 9.06. The molecule has 0 spiro atoms. The van der Waals surface area contributed by atoms with Gasteiger partial charge in [0.15, 0.2) is 0 Å². The Hall–Kier alpha value is -3.79. The summed E-state index contributed by atoms with van der Waals surface area (Å²) in [6, 6.07) is 12.7. The van der Waals surface area contributed by atoms with Crippen LogP contribution >= 0.6 is 0 Å². The number of esters is 1. The summed E-state index contributed by atoms with van der Waals surface area (Å²) in [5.74, 6) is 1.53. The van der Waals surface area contributed by atoms with E-state index in [1.54, 1.807) is 42.5 Å². The van der Waals surface area contributed by atoms with Gasteiger partial charge in [0.05, 0.1) is 18.4 Å². The van der Waals surface area contributed by atoms with Gasteiger partial charge in [0.2, 0.25) is 5.91 Å². The van der Waals surface area contributed by atoms with E-state index in [-0.39, 0.29) is 18.0 Å². The quantitative estimate of drug-likeness (QED) is 0.630. The van der Waals surface area contributed by atoms with E-state index in [4.69, 9.17) is 6.42 Å². The predicted octanol–water partition coefficient (Wildman–Crippen LogP) is 2.56. The number of methoxy groups -OCH3 is 1. The zero-order valence-corrected chi connectivity index (χ0v) is 15.0. The number of benzene rings is 2. The highest BCUT2D eigenvalue weighted by Crippen LogP contribution is 2.16. The first-order valence-electron chi connectivity index (χ1n) is 8.00. The average molecular weight is 365 g/mol. The lowest BCUT2D eigenvalue weighted by atomic mass is 10.2. The molecule has 0 bridgehead atoms. The number of likely N-dealkylation sites (N-methyl/N-ethyl adjacent to an activating group) is 1. The number of terminal acetylenes is 1. The van der Waals surface area contributed by atoms with Gasteiger partial charge in [-0.2, -0.15) is 0 Å². The normalized spacial score (nSPS) is 9.67. The maximum atomic E-state index is 12.3. The number of hydrogen-bond donors (Lipinski definition) is 2. The fourth-order valence-electron chi connectivity index (χ4n) is 2.27. The number of carbonyl (C=O) groups excluding carboxylic acids is 3. The Morgan fingerprint density at radius 3 is 2.56 bits per heavy atom. The van der Waals surface area contributed by atoms with E-state index < -0.39 is 12.0 Å². The van der Waals surface area contributed by atoms with E-state index in [0.29, 0.717) is 16.9 Å². The standard InChI is InChI=1S/C20H19N3O4/c1-4-14-8-7-9-15(12-14)21-18(24)13-23(2)20(26)22-17-11-6-5-10-16(17)19(25)27-3/h1,5-12H,13H2,2-3H3,(H,21,24)(H,22,26). The van der Waals surface area contributed by atoms with Gasteiger partial charge in [0.1, 0.15) is 6.54 Å². The van der Waals surface area contributed by atoms with Crippen LogP contribution in [0.1, 0.15) is 15.9 Å². The zero-order valence-electron chi connectivity index (χ0n) is 15.0. The minimum absolute atomic E-state index is 0.188. The number of anilines is 2. The van der Waals surface area contributed by atoms with Crippen molar-refractivity contribution in [2.24, 2.45) is 0 Å². The van der Waals surface area contributed by atoms with Crippen LogP contribution in [0.4, 0.5) is 16.2 Å². The van der Waals surface area contributed by atoms with Gasteiger partial charge in [-0.15, -0.1) is 6.42 Å². The number of nitrogens with zero attached hydrogens (tertiary/aromatic N) is 1. The van der Waals surface area contributed by atoms with Gasteiger partial charge >= 0.3 is 12.0 Å². The van der Waals surface area contributed by atoms with Gasteiger partial charge in [0.25, 0.3) is 0 Å². The van der Waals surface area contributed by atoms with Crippen LogP contribution in [0.15, 0.2) is 48.5 Å². The highest BCUT2D eigenvalue weighted by Gasteiger charge is 2.17. The Bertz CT molecular complexity index is 902. The lowest BCUT2D eigenvalue weighted by molar-refractivity contribution is -0.116. The SMILES string of the molecule is C#Cc1cccc(NC(=O)CN(C)C(=O)Nc2ccccc2C(=O)OC)c1. The smallest absolute Gasteiger partial charge is 0.339 e. The molecule has 2 aromatic carbocycles. The van der Waals surface area contributed by atoms with Gasteiger partial charge in [-0.05, 0) is 30.3 Å². The van der Waals surface area contributed by atoms with E-state index in [2.05, 4.69) is 21.3 Å². The number of carbonyl (C=O) groups is 3. The number of amides is 3. The second-order valence-electron chi connectivity index (χ2n) is 5.60. The minimum Gasteiger partial charge on any atom is -0.465 e. The van der Waals surface area contributed by atoms with Crippen LogP contribution in [0.25, 0.3) is 0 Å². The molecule has 0 aliphatic rings. The zero-order chi connectivity index (χ0) is 19.8. The summed E-state index contributed by atoms with van der Waals surface area (Å²) < 4.78 is 4.69. The number of rotatable bonds is 5. The first-order valence-corrected chi connectivity index (χ1v) is 8.00. The van der Waals surface area contributed by atoms with E-state index in [1.165, 1.54) is 25.1 Å². The average Bonchev–Trinajstić information content (AvgIpc) is 2.67. The Balaban J connectivity index is 1.98. The summed E-state index contributed by atoms with van der Waals surface area (Å²) in [6.07, 6.45) is 5.33. The molecule has 2 rings (SSSR count). The fraction of sp³-hybridized carbons (Fsp3) is 0.150. The topological polar surface area (TPSA) is 87.7 Å². The Labute approximate surface area is 157 Å². The molecule has 2 N–H and O–H groups in total. The fourth-order valence-corrected chi connectivity index (χ4v) is 2.27. The van der Waals surface area contributed by atoms with E-state index in [0.717, 1.165) is 0 Å². The Morgan fingerprint density at radius 1 is 1.11 bits per heavy atom. The summed E-state index contributed by atoms with van der Waals surface area (Å²) in [7, 11) is 2.72. The first-order chi connectivity index (χ1) is 12.9. The minimum atomic E-state index is -0.570. The van der Waals surface area contributed by atoms with Crippen molar-refractivity contribution in [2.45, 2.75) is 0 Å². The lowest BCUT2D eigenvalue weighted by Crippen LogP contribution is -2.38. The summed E-state index contributed by atoms with van der Waals surface area (Å²) in [4.78, 5) is 37.4. The maximum absolute atomic E-state index is 12.3. The predicted molar refractivity (Wildman–Crippen MR) is 102 cm³/mol. The van der Waals surface area contributed by atoms with E-state index in [1.807, 2.05) is 0 Å². The molecular weight excluding hydrogens is 346 g/mol. The van der Waals surface area contributed by atoms with Crippen LogP contribution in [0, 0.1) is 12.3 Å². The van der Waals surface area contributed by atoms with E-state index in [9.17, 15) is 14.4 Å². The number of nitrogens with one attached hydrogen (secondary N) is 2. The number of ether oxygens (including phenoxy) is 1. The van der Waals surface area contributed by atoms with Crippen molar-refractivity contribution in [1.29, 1.82) is 0 Å². The highest BCUT2D eigenvalue weighted by molar-refractivity contribution is 6.02. The third kappa shape index (κ3) is 5.34. The van der Waals surface area contributed by atoms with Gasteiger partial charge in [-0.25, -0.2) is 9.59 Å². The Kier molecular flexibility index (Phi) is 6.55. The van der Waals surface area contributed by atoms with Crippen LogP contribution in [0.2, 0.25) is 0 Å². The van der Waals surface area contributed by atoms with Crippen LogP contribution < -0.4 is 10.6 Å². The molecule has 0 aliphatic carbocycles. The van der Waals surface area contributed by atoms with Crippen molar-refractivity contribution in [2.75, 3.05) is 31.3 Å². The summed E-state index contributed by atoms with van der Waals surface area (Å²) in [5, 5.41) is 5.27. The van der Waals surface area contributed by atoms with Crippen molar-refractivity contribution < 1.29 is 19.1 Å². The van der Waals surface area contributed by atoms with Crippen molar-refractivity contribution in [3.63, 3.8) is 0 Å². The molecule has 0 radical (unpaired) electrons. The molecule has 138 valence electrons. The van der Waals surface area contributed by atoms with Crippen molar-refractivity contribution in [3.8, 4) is 12.3 Å². The largest absolute Gasteiger partial charge is 0.465 e. The molecule has 0 saturated heterocycles. The van der Waals surface area contributed by atoms with Crippen LogP contribution in [0.5, 0.6) is 0 Å². The third-order valence-corrected chi connectivity index (χ3v) is 3.61. The monoisotopic (exact) mass is 365 g/mol. The van der Waals surface area contributed by atoms with Gasteiger partial charge in [-0.1, -0.05) is 24.1 Å². The summed E-state index contributed by atoms with van der Waals surface area (Å²) in [6.45, 7) is -0.188. The van der Waals surface area contributed by atoms with Crippen LogP contribution in [0.3, 0.4) is 0 Å². The molecule has 3 amide bonds. The third-order valence-electron chi connectivity index (χ3n) is 3.61. The number of para-hydroxylation sites is 1. The summed E-state index contributed by atoms with van der Waals surface area (Å²) in [5.41, 5.74) is 1.69. The van der Waals surface area contributed by atoms with Crippen LogP contribution in [-0.2, 0) is 9.53 Å². The molecule has 0 unspecified atom stereocenters. The van der Waals surface area contributed by atoms with E-state index >= 15 is 0 Å². The second-order valence-corrected chi connectivity index (χ2v) is 5.60. The van der Waals surface area contributed by atoms with Crippen molar-refractivity contribution in [3.05, 3.63) is 59.7 Å². The van der Waals surface area contributed by atoms with Crippen molar-refractivity contribution >= 4 is 29.3 Å². The van der Waals surface area contributed by atoms with Gasteiger partial charge in [0, 0.05) is 18.3 Å².